The van der Waals surface area contributed by atoms with Crippen molar-refractivity contribution in [3.05, 3.63) is 117 Å². The van der Waals surface area contributed by atoms with Gasteiger partial charge in [0.1, 0.15) is 5.82 Å². The Kier molecular flexibility index (Phi) is 6.12. The van der Waals surface area contributed by atoms with Crippen molar-refractivity contribution in [2.24, 2.45) is 7.05 Å². The van der Waals surface area contributed by atoms with Crippen molar-refractivity contribution in [1.82, 2.24) is 14.5 Å². The number of nitrogens with zero attached hydrogens (tertiary/aromatic N) is 4. The van der Waals surface area contributed by atoms with E-state index < -0.39 is 5.92 Å². The van der Waals surface area contributed by atoms with E-state index in [-0.39, 0.29) is 29.0 Å². The van der Waals surface area contributed by atoms with Crippen molar-refractivity contribution in [3.8, 4) is 11.1 Å². The van der Waals surface area contributed by atoms with Crippen LogP contribution in [-0.2, 0) is 7.05 Å². The minimum atomic E-state index is -0.570. The molecule has 182 valence electrons. The molecule has 1 aliphatic rings. The van der Waals surface area contributed by atoms with Crippen LogP contribution in [0.25, 0.3) is 22.0 Å². The molecule has 0 fully saturated rings. The number of benzene rings is 2. The van der Waals surface area contributed by atoms with Crippen molar-refractivity contribution in [2.45, 2.75) is 18.9 Å². The van der Waals surface area contributed by atoms with Crippen LogP contribution in [0.2, 0.25) is 0 Å². The third kappa shape index (κ3) is 4.39. The number of hydrogen-bond acceptors (Lipinski definition) is 6. The SMILES string of the molecule is [C-]#[N+]c1cnc(N)nc1N[C@@H](C)C1=Cc2cccc(-c3ccn(C)c(=O)c3)c2C(=O)C1c1ccccc1. The molecule has 4 aromatic rings. The normalized spacial score (nSPS) is 15.3. The number of hydrogen-bond donors (Lipinski definition) is 2. The summed E-state index contributed by atoms with van der Waals surface area (Å²) in [5.74, 6) is -0.259. The number of nitrogen functional groups attached to an aromatic ring is 1. The molecule has 0 spiro atoms. The van der Waals surface area contributed by atoms with Gasteiger partial charge < -0.3 is 15.6 Å². The number of nitrogens with one attached hydrogen (secondary N) is 1. The van der Waals surface area contributed by atoms with E-state index in [1.807, 2.05) is 67.6 Å². The first-order valence-corrected chi connectivity index (χ1v) is 11.7. The lowest BCUT2D eigenvalue weighted by atomic mass is 9.74. The fourth-order valence-electron chi connectivity index (χ4n) is 4.71. The van der Waals surface area contributed by atoms with Gasteiger partial charge in [0.2, 0.25) is 11.6 Å². The van der Waals surface area contributed by atoms with E-state index in [0.717, 1.165) is 22.3 Å². The second kappa shape index (κ2) is 9.55. The van der Waals surface area contributed by atoms with E-state index in [2.05, 4.69) is 20.1 Å². The number of carbonyl (C=O) groups excluding carboxylic acids is 1. The van der Waals surface area contributed by atoms with Crippen LogP contribution in [0.5, 0.6) is 0 Å². The van der Waals surface area contributed by atoms with E-state index in [4.69, 9.17) is 12.3 Å². The minimum Gasteiger partial charge on any atom is -0.372 e. The number of aryl methyl sites for hydroxylation is 1. The first-order valence-electron chi connectivity index (χ1n) is 11.7. The molecule has 1 aliphatic carbocycles. The monoisotopic (exact) mass is 488 g/mol. The highest BCUT2D eigenvalue weighted by Crippen LogP contribution is 2.41. The van der Waals surface area contributed by atoms with E-state index in [1.165, 1.54) is 10.8 Å². The molecular formula is C29H24N6O2. The van der Waals surface area contributed by atoms with Gasteiger partial charge in [0.25, 0.3) is 5.56 Å². The summed E-state index contributed by atoms with van der Waals surface area (Å²) in [6.07, 6.45) is 5.10. The predicted molar refractivity (Wildman–Crippen MR) is 144 cm³/mol. The van der Waals surface area contributed by atoms with Crippen LogP contribution in [0, 0.1) is 6.57 Å². The molecule has 37 heavy (non-hydrogen) atoms. The van der Waals surface area contributed by atoms with Crippen molar-refractivity contribution in [3.63, 3.8) is 0 Å². The first kappa shape index (κ1) is 23.7. The molecule has 8 heteroatoms. The molecule has 2 aromatic heterocycles. The van der Waals surface area contributed by atoms with Crippen LogP contribution in [0.1, 0.15) is 34.3 Å². The summed E-state index contributed by atoms with van der Waals surface area (Å²) < 4.78 is 1.50. The van der Waals surface area contributed by atoms with Gasteiger partial charge >= 0.3 is 0 Å². The highest BCUT2D eigenvalue weighted by molar-refractivity contribution is 6.13. The number of Topliss-reactive ketones (excluding diaryl/α,β-unsaturated/α-hetero) is 1. The number of rotatable bonds is 5. The summed E-state index contributed by atoms with van der Waals surface area (Å²) in [6.45, 7) is 9.38. The Labute approximate surface area is 214 Å². The van der Waals surface area contributed by atoms with E-state index in [9.17, 15) is 9.59 Å². The fraction of sp³-hybridized carbons (Fsp3) is 0.138. The summed E-state index contributed by atoms with van der Waals surface area (Å²) in [5, 5.41) is 3.27. The molecule has 0 saturated heterocycles. The molecule has 5 rings (SSSR count). The standard InChI is InChI=1S/C29H24N6O2/c1-17(33-28-23(31-2)16-32-29(30)34-28)22-14-20-10-7-11-21(19-12-13-35(3)24(36)15-19)26(20)27(37)25(22)18-8-5-4-6-9-18/h4-17,25H,1,3H3,(H3,30,32,33,34)/t17-,25?/m0/s1. The maximum absolute atomic E-state index is 14.3. The van der Waals surface area contributed by atoms with Crippen molar-refractivity contribution in [2.75, 3.05) is 11.1 Å². The van der Waals surface area contributed by atoms with Gasteiger partial charge in [-0.25, -0.2) is 14.8 Å². The molecule has 2 atom stereocenters. The second-order valence-corrected chi connectivity index (χ2v) is 8.93. The summed E-state index contributed by atoms with van der Waals surface area (Å²) in [5.41, 5.74) is 10.3. The fourth-order valence-corrected chi connectivity index (χ4v) is 4.71. The zero-order valence-corrected chi connectivity index (χ0v) is 20.3. The number of ketones is 1. The zero-order valence-electron chi connectivity index (χ0n) is 20.3. The number of aromatic nitrogens is 3. The summed E-state index contributed by atoms with van der Waals surface area (Å²) in [4.78, 5) is 38.2. The van der Waals surface area contributed by atoms with E-state index in [0.29, 0.717) is 16.9 Å². The number of fused-ring (bicyclic) bond motifs is 1. The van der Waals surface area contributed by atoms with Gasteiger partial charge in [0, 0.05) is 37.1 Å². The molecule has 0 bridgehead atoms. The maximum Gasteiger partial charge on any atom is 0.250 e. The molecule has 0 amide bonds. The average Bonchev–Trinajstić information content (AvgIpc) is 2.90. The molecule has 2 aromatic carbocycles. The predicted octanol–water partition coefficient (Wildman–Crippen LogP) is 4.84. The Morgan fingerprint density at radius 2 is 1.89 bits per heavy atom. The Morgan fingerprint density at radius 3 is 2.62 bits per heavy atom. The van der Waals surface area contributed by atoms with Gasteiger partial charge in [0.15, 0.2) is 5.78 Å². The van der Waals surface area contributed by atoms with Crippen LogP contribution in [0.3, 0.4) is 0 Å². The molecule has 8 nitrogen and oxygen atoms in total. The lowest BCUT2D eigenvalue weighted by Crippen LogP contribution is -2.30. The van der Waals surface area contributed by atoms with E-state index >= 15 is 0 Å². The Morgan fingerprint density at radius 1 is 1.11 bits per heavy atom. The molecule has 2 heterocycles. The first-order chi connectivity index (χ1) is 17.9. The Hall–Kier alpha value is -5.03. The largest absolute Gasteiger partial charge is 0.372 e. The molecule has 0 radical (unpaired) electrons. The van der Waals surface area contributed by atoms with Crippen LogP contribution >= 0.6 is 0 Å². The van der Waals surface area contributed by atoms with Gasteiger partial charge in [-0.05, 0) is 40.8 Å². The topological polar surface area (TPSA) is 107 Å². The van der Waals surface area contributed by atoms with Crippen LogP contribution < -0.4 is 16.6 Å². The Balaban J connectivity index is 1.66. The van der Waals surface area contributed by atoms with Gasteiger partial charge in [-0.15, -0.1) is 0 Å². The molecule has 3 N–H and O–H groups in total. The molecule has 1 unspecified atom stereocenters. The van der Waals surface area contributed by atoms with Crippen molar-refractivity contribution >= 4 is 29.3 Å². The third-order valence-corrected chi connectivity index (χ3v) is 6.57. The van der Waals surface area contributed by atoms with Crippen LogP contribution in [-0.4, -0.2) is 26.4 Å². The maximum atomic E-state index is 14.3. The number of pyridine rings is 1. The van der Waals surface area contributed by atoms with Gasteiger partial charge in [-0.2, -0.15) is 0 Å². The smallest absolute Gasteiger partial charge is 0.250 e. The number of carbonyl (C=O) groups is 1. The highest BCUT2D eigenvalue weighted by Gasteiger charge is 2.35. The molecular weight excluding hydrogens is 464 g/mol. The van der Waals surface area contributed by atoms with Crippen LogP contribution in [0.4, 0.5) is 17.5 Å². The Bertz CT molecular complexity index is 1650. The molecule has 0 aliphatic heterocycles. The van der Waals surface area contributed by atoms with Gasteiger partial charge in [-0.3, -0.25) is 9.59 Å². The second-order valence-electron chi connectivity index (χ2n) is 8.93. The molecule has 0 saturated carbocycles. The van der Waals surface area contributed by atoms with Crippen molar-refractivity contribution in [1.29, 1.82) is 0 Å². The number of nitrogens with two attached hydrogens (primary N) is 1. The van der Waals surface area contributed by atoms with Crippen molar-refractivity contribution < 1.29 is 4.79 Å². The number of anilines is 2. The lowest BCUT2D eigenvalue weighted by Gasteiger charge is -2.31. The average molecular weight is 489 g/mol. The van der Waals surface area contributed by atoms with Gasteiger partial charge in [0.05, 0.1) is 12.5 Å². The van der Waals surface area contributed by atoms with Crippen LogP contribution in [0.15, 0.2) is 83.4 Å². The quantitative estimate of drug-likeness (QED) is 0.389. The summed E-state index contributed by atoms with van der Waals surface area (Å²) >= 11 is 0. The third-order valence-electron chi connectivity index (χ3n) is 6.57. The van der Waals surface area contributed by atoms with E-state index in [1.54, 1.807) is 19.3 Å². The summed E-state index contributed by atoms with van der Waals surface area (Å²) in [6, 6.07) is 18.3. The minimum absolute atomic E-state index is 0.0550. The van der Waals surface area contributed by atoms with Gasteiger partial charge in [-0.1, -0.05) is 54.6 Å². The highest BCUT2D eigenvalue weighted by atomic mass is 16.1. The zero-order chi connectivity index (χ0) is 26.1. The summed E-state index contributed by atoms with van der Waals surface area (Å²) in [7, 11) is 1.69. The lowest BCUT2D eigenvalue weighted by molar-refractivity contribution is 0.0970.